The first-order valence-corrected chi connectivity index (χ1v) is 16.9. The van der Waals surface area contributed by atoms with Crippen molar-refractivity contribution in [3.63, 3.8) is 0 Å². The molecule has 240 valence electrons. The molecule has 0 saturated carbocycles. The van der Waals surface area contributed by atoms with Gasteiger partial charge in [-0.15, -0.1) is 0 Å². The molecule has 0 spiro atoms. The molecule has 2 heterocycles. The molecule has 0 aliphatic carbocycles. The number of anilines is 2. The van der Waals surface area contributed by atoms with E-state index < -0.39 is 0 Å². The minimum absolute atomic E-state index is 0. The van der Waals surface area contributed by atoms with Gasteiger partial charge in [-0.25, -0.2) is 0 Å². The van der Waals surface area contributed by atoms with E-state index in [1.165, 1.54) is 46.5 Å². The normalized spacial score (nSPS) is 20.1. The molecule has 2 saturated heterocycles. The van der Waals surface area contributed by atoms with Gasteiger partial charge in [-0.2, -0.15) is 0 Å². The minimum atomic E-state index is 0. The molecule has 2 nitrogen and oxygen atoms in total. The Bertz CT molecular complexity index is 1070. The van der Waals surface area contributed by atoms with Crippen LogP contribution in [-0.4, -0.2) is 41.8 Å². The molecule has 2 aromatic carbocycles. The predicted molar refractivity (Wildman–Crippen MR) is 195 cm³/mol. The molecule has 2 fully saturated rings. The largest absolute Gasteiger partial charge is 0.365 e. The summed E-state index contributed by atoms with van der Waals surface area (Å²) in [5, 5.41) is 0. The molecule has 0 unspecified atom stereocenters. The molecule has 2 aliphatic heterocycles. The van der Waals surface area contributed by atoms with Gasteiger partial charge in [-0.05, 0) is 97.3 Å². The molecule has 0 atom stereocenters. The SMILES string of the molecule is CC(C)c1cccc(C(C)C)c1N1CC(C)(C)CC1(C)C.CC(C)c1cccc(C(C)C)c1N1CC(C)(C)CC1(C)C.[Ge]. The maximum atomic E-state index is 2.69. The Balaban J connectivity index is 0.000000293. The van der Waals surface area contributed by atoms with Crippen molar-refractivity contribution in [2.24, 2.45) is 10.8 Å². The summed E-state index contributed by atoms with van der Waals surface area (Å²) in [5.74, 6) is 2.27. The fraction of sp³-hybridized carbons (Fsp3) is 0.700. The maximum Gasteiger partial charge on any atom is 0.0441 e. The molecular weight excluding hydrogens is 581 g/mol. The van der Waals surface area contributed by atoms with Crippen LogP contribution in [-0.2, 0) is 0 Å². The first-order valence-electron chi connectivity index (χ1n) is 16.9. The summed E-state index contributed by atoms with van der Waals surface area (Å²) in [4.78, 5) is 5.38. The van der Waals surface area contributed by atoms with E-state index in [-0.39, 0.29) is 28.7 Å². The average molecular weight is 648 g/mol. The quantitative estimate of drug-likeness (QED) is 0.288. The minimum Gasteiger partial charge on any atom is -0.365 e. The number of hydrogen-bond donors (Lipinski definition) is 0. The van der Waals surface area contributed by atoms with Gasteiger partial charge < -0.3 is 9.80 Å². The van der Waals surface area contributed by atoms with Crippen LogP contribution in [0.5, 0.6) is 0 Å². The van der Waals surface area contributed by atoms with Crippen LogP contribution in [0.15, 0.2) is 36.4 Å². The van der Waals surface area contributed by atoms with E-state index >= 15 is 0 Å². The van der Waals surface area contributed by atoms with Crippen molar-refractivity contribution >= 4 is 29.0 Å². The third-order valence-corrected chi connectivity index (χ3v) is 9.68. The topological polar surface area (TPSA) is 6.48 Å². The van der Waals surface area contributed by atoms with Gasteiger partial charge >= 0.3 is 0 Å². The first-order chi connectivity index (χ1) is 19.1. The molecule has 0 amide bonds. The van der Waals surface area contributed by atoms with Crippen molar-refractivity contribution in [3.8, 4) is 0 Å². The van der Waals surface area contributed by atoms with Crippen molar-refractivity contribution in [2.45, 2.75) is 158 Å². The third kappa shape index (κ3) is 8.44. The van der Waals surface area contributed by atoms with Crippen molar-refractivity contribution in [2.75, 3.05) is 22.9 Å². The van der Waals surface area contributed by atoms with Crippen LogP contribution in [0, 0.1) is 10.8 Å². The van der Waals surface area contributed by atoms with Gasteiger partial charge in [-0.1, -0.05) is 119 Å². The molecule has 43 heavy (non-hydrogen) atoms. The van der Waals surface area contributed by atoms with Crippen LogP contribution in [0.3, 0.4) is 0 Å². The molecule has 0 aromatic heterocycles. The predicted octanol–water partition coefficient (Wildman–Crippen LogP) is 11.5. The standard InChI is InChI=1S/2C20H33N.Ge/c2*1-14(2)16-10-9-11-17(15(3)4)18(16)21-13-19(5,6)12-20(21,7)8;/h2*9-11,14-15H,12-13H2,1-8H3;. The van der Waals surface area contributed by atoms with E-state index in [0.717, 1.165) is 13.1 Å². The Labute approximate surface area is 278 Å². The number of benzene rings is 2. The van der Waals surface area contributed by atoms with Gasteiger partial charge in [0.2, 0.25) is 0 Å². The Morgan fingerprint density at radius 2 is 0.698 bits per heavy atom. The van der Waals surface area contributed by atoms with Crippen LogP contribution in [0.1, 0.15) is 170 Å². The van der Waals surface area contributed by atoms with Crippen LogP contribution >= 0.6 is 0 Å². The molecule has 0 bridgehead atoms. The second-order valence-electron chi connectivity index (χ2n) is 17.7. The van der Waals surface area contributed by atoms with Gasteiger partial charge in [0.15, 0.2) is 0 Å². The molecule has 3 heteroatoms. The third-order valence-electron chi connectivity index (χ3n) is 9.68. The van der Waals surface area contributed by atoms with Gasteiger partial charge in [0.1, 0.15) is 0 Å². The van der Waals surface area contributed by atoms with Crippen LogP contribution < -0.4 is 9.80 Å². The van der Waals surface area contributed by atoms with Crippen LogP contribution in [0.2, 0.25) is 0 Å². The number of hydrogen-bond acceptors (Lipinski definition) is 2. The fourth-order valence-electron chi connectivity index (χ4n) is 8.34. The Morgan fingerprint density at radius 3 is 0.860 bits per heavy atom. The van der Waals surface area contributed by atoms with E-state index in [9.17, 15) is 0 Å². The second kappa shape index (κ2) is 13.5. The molecular formula is C40H66GeN2. The van der Waals surface area contributed by atoms with Gasteiger partial charge in [0, 0.05) is 53.1 Å². The Kier molecular flexibility index (Phi) is 11.9. The van der Waals surface area contributed by atoms with E-state index in [4.69, 9.17) is 0 Å². The summed E-state index contributed by atoms with van der Waals surface area (Å²) in [7, 11) is 0. The van der Waals surface area contributed by atoms with E-state index in [0.29, 0.717) is 34.5 Å². The van der Waals surface area contributed by atoms with E-state index in [1.807, 2.05) is 0 Å². The van der Waals surface area contributed by atoms with Gasteiger partial charge in [-0.3, -0.25) is 0 Å². The van der Waals surface area contributed by atoms with Crippen LogP contribution in [0.25, 0.3) is 0 Å². The van der Waals surface area contributed by atoms with Crippen molar-refractivity contribution < 1.29 is 0 Å². The summed E-state index contributed by atoms with van der Waals surface area (Å²) >= 11 is 0. The molecule has 2 aliphatic rings. The summed E-state index contributed by atoms with van der Waals surface area (Å²) in [6, 6.07) is 13.8. The average Bonchev–Trinajstić information content (AvgIpc) is 3.21. The second-order valence-corrected chi connectivity index (χ2v) is 17.7. The molecule has 0 N–H and O–H groups in total. The summed E-state index contributed by atoms with van der Waals surface area (Å²) < 4.78 is 0. The van der Waals surface area contributed by atoms with E-state index in [1.54, 1.807) is 0 Å². The monoisotopic (exact) mass is 648 g/mol. The zero-order valence-electron chi connectivity index (χ0n) is 31.0. The number of para-hydroxylation sites is 2. The first kappa shape index (κ1) is 37.8. The maximum absolute atomic E-state index is 2.69. The summed E-state index contributed by atoms with van der Waals surface area (Å²) in [6.45, 7) is 40.1. The number of nitrogens with zero attached hydrogens (tertiary/aromatic N) is 2. The fourth-order valence-corrected chi connectivity index (χ4v) is 8.34. The van der Waals surface area contributed by atoms with Crippen molar-refractivity contribution in [1.29, 1.82) is 0 Å². The van der Waals surface area contributed by atoms with Crippen molar-refractivity contribution in [3.05, 3.63) is 58.7 Å². The Morgan fingerprint density at radius 1 is 0.465 bits per heavy atom. The van der Waals surface area contributed by atoms with Gasteiger partial charge in [0.05, 0.1) is 0 Å². The van der Waals surface area contributed by atoms with Gasteiger partial charge in [0.25, 0.3) is 0 Å². The zero-order chi connectivity index (χ0) is 32.0. The molecule has 4 radical (unpaired) electrons. The van der Waals surface area contributed by atoms with Crippen molar-refractivity contribution in [1.82, 2.24) is 0 Å². The molecule has 2 aromatic rings. The van der Waals surface area contributed by atoms with E-state index in [2.05, 4.69) is 157 Å². The molecule has 4 rings (SSSR count). The summed E-state index contributed by atoms with van der Waals surface area (Å²) in [6.07, 6.45) is 2.51. The smallest absolute Gasteiger partial charge is 0.0441 e. The summed E-state index contributed by atoms with van der Waals surface area (Å²) in [5.41, 5.74) is 10.3. The Hall–Kier alpha value is -1.42. The zero-order valence-corrected chi connectivity index (χ0v) is 33.1. The number of rotatable bonds is 6. The van der Waals surface area contributed by atoms with Crippen LogP contribution in [0.4, 0.5) is 11.4 Å².